The largest absolute Gasteiger partial charge is 0.493 e. The summed E-state index contributed by atoms with van der Waals surface area (Å²) in [6.07, 6.45) is 2.76. The zero-order chi connectivity index (χ0) is 19.2. The molecule has 1 aromatic carbocycles. The lowest BCUT2D eigenvalue weighted by Crippen LogP contribution is -2.43. The lowest BCUT2D eigenvalue weighted by atomic mass is 10.1. The van der Waals surface area contributed by atoms with E-state index in [1.165, 1.54) is 5.56 Å². The number of carbonyl (C=O) groups excluding carboxylic acids is 1. The molecule has 1 aromatic rings. The molecule has 7 nitrogen and oxygen atoms in total. The molecule has 0 bridgehead atoms. The Morgan fingerprint density at radius 3 is 2.58 bits per heavy atom. The quantitative estimate of drug-likeness (QED) is 0.316. The molecule has 146 valence electrons. The fourth-order valence-corrected chi connectivity index (χ4v) is 2.36. The van der Waals surface area contributed by atoms with Gasteiger partial charge in [0.1, 0.15) is 0 Å². The van der Waals surface area contributed by atoms with Crippen LogP contribution >= 0.6 is 0 Å². The molecule has 0 aromatic heterocycles. The van der Waals surface area contributed by atoms with Crippen molar-refractivity contribution in [3.05, 3.63) is 23.8 Å². The van der Waals surface area contributed by atoms with Crippen molar-refractivity contribution in [1.82, 2.24) is 16.0 Å². The Bertz CT molecular complexity index is 576. The van der Waals surface area contributed by atoms with Gasteiger partial charge in [0.15, 0.2) is 17.5 Å². The fourth-order valence-electron chi connectivity index (χ4n) is 2.36. The van der Waals surface area contributed by atoms with Crippen LogP contribution in [0.15, 0.2) is 23.2 Å². The van der Waals surface area contributed by atoms with Gasteiger partial charge in [-0.2, -0.15) is 0 Å². The minimum Gasteiger partial charge on any atom is -0.493 e. The molecule has 0 saturated heterocycles. The first-order valence-electron chi connectivity index (χ1n) is 9.15. The van der Waals surface area contributed by atoms with E-state index in [9.17, 15) is 4.79 Å². The molecule has 0 fully saturated rings. The monoisotopic (exact) mass is 364 g/mol. The molecule has 1 rings (SSSR count). The van der Waals surface area contributed by atoms with Gasteiger partial charge in [-0.25, -0.2) is 0 Å². The Hall–Kier alpha value is -2.44. The van der Waals surface area contributed by atoms with E-state index in [1.807, 2.05) is 32.0 Å². The number of benzene rings is 1. The van der Waals surface area contributed by atoms with E-state index < -0.39 is 0 Å². The zero-order valence-corrected chi connectivity index (χ0v) is 16.4. The number of ether oxygens (including phenoxy) is 2. The summed E-state index contributed by atoms with van der Waals surface area (Å²) >= 11 is 0. The van der Waals surface area contributed by atoms with E-state index in [1.54, 1.807) is 14.2 Å². The van der Waals surface area contributed by atoms with E-state index >= 15 is 0 Å². The first-order valence-corrected chi connectivity index (χ1v) is 9.15. The molecule has 0 heterocycles. The Labute approximate surface area is 156 Å². The van der Waals surface area contributed by atoms with Crippen LogP contribution in [0.5, 0.6) is 11.5 Å². The predicted molar refractivity (Wildman–Crippen MR) is 105 cm³/mol. The molecule has 0 saturated carbocycles. The van der Waals surface area contributed by atoms with Gasteiger partial charge < -0.3 is 25.4 Å². The van der Waals surface area contributed by atoms with Gasteiger partial charge in [-0.1, -0.05) is 13.0 Å². The second-order valence-electron chi connectivity index (χ2n) is 5.72. The summed E-state index contributed by atoms with van der Waals surface area (Å²) in [5.74, 6) is 2.12. The second kappa shape index (κ2) is 12.9. The van der Waals surface area contributed by atoms with Gasteiger partial charge >= 0.3 is 0 Å². The first-order chi connectivity index (χ1) is 12.6. The number of rotatable bonds is 11. The normalized spacial score (nSPS) is 11.0. The lowest BCUT2D eigenvalue weighted by Gasteiger charge is -2.13. The smallest absolute Gasteiger partial charge is 0.239 e. The van der Waals surface area contributed by atoms with Gasteiger partial charge in [0.05, 0.1) is 20.3 Å². The molecule has 26 heavy (non-hydrogen) atoms. The second-order valence-corrected chi connectivity index (χ2v) is 5.72. The van der Waals surface area contributed by atoms with Crippen molar-refractivity contribution in [2.45, 2.75) is 33.1 Å². The third-order valence-corrected chi connectivity index (χ3v) is 3.67. The van der Waals surface area contributed by atoms with Crippen LogP contribution in [0, 0.1) is 0 Å². The maximum atomic E-state index is 11.6. The molecule has 3 N–H and O–H groups in total. The molecule has 0 aliphatic carbocycles. The van der Waals surface area contributed by atoms with Crippen molar-refractivity contribution < 1.29 is 14.3 Å². The summed E-state index contributed by atoms with van der Waals surface area (Å²) in [5.41, 5.74) is 1.19. The number of nitrogens with zero attached hydrogens (tertiary/aromatic N) is 1. The number of guanidine groups is 1. The van der Waals surface area contributed by atoms with Gasteiger partial charge in [-0.15, -0.1) is 0 Å². The van der Waals surface area contributed by atoms with Gasteiger partial charge in [-0.3, -0.25) is 9.79 Å². The molecule has 0 unspecified atom stereocenters. The summed E-state index contributed by atoms with van der Waals surface area (Å²) in [7, 11) is 3.33. The van der Waals surface area contributed by atoms with Crippen molar-refractivity contribution >= 4 is 11.9 Å². The predicted octanol–water partition coefficient (Wildman–Crippen LogP) is 1.72. The number of hydrogen-bond donors (Lipinski definition) is 3. The Balaban J connectivity index is 2.36. The van der Waals surface area contributed by atoms with Crippen molar-refractivity contribution in [3.63, 3.8) is 0 Å². The molecule has 0 atom stereocenters. The van der Waals surface area contributed by atoms with Crippen LogP contribution < -0.4 is 25.4 Å². The number of hydrogen-bond acceptors (Lipinski definition) is 4. The Kier molecular flexibility index (Phi) is 10.7. The summed E-state index contributed by atoms with van der Waals surface area (Å²) in [6.45, 7) is 6.25. The molecule has 1 amide bonds. The number of carbonyl (C=O) groups is 1. The lowest BCUT2D eigenvalue weighted by molar-refractivity contribution is -0.120. The highest BCUT2D eigenvalue weighted by Crippen LogP contribution is 2.28. The van der Waals surface area contributed by atoms with Gasteiger partial charge in [-0.05, 0) is 43.9 Å². The van der Waals surface area contributed by atoms with Crippen LogP contribution in [0.1, 0.15) is 32.3 Å². The number of amides is 1. The van der Waals surface area contributed by atoms with E-state index in [-0.39, 0.29) is 12.5 Å². The van der Waals surface area contributed by atoms with Crippen LogP contribution in [0.3, 0.4) is 0 Å². The van der Waals surface area contributed by atoms with Crippen molar-refractivity contribution in [1.29, 1.82) is 0 Å². The van der Waals surface area contributed by atoms with Crippen molar-refractivity contribution in [2.24, 2.45) is 4.99 Å². The van der Waals surface area contributed by atoms with Gasteiger partial charge in [0.25, 0.3) is 0 Å². The highest BCUT2D eigenvalue weighted by atomic mass is 16.5. The van der Waals surface area contributed by atoms with Gasteiger partial charge in [0, 0.05) is 20.1 Å². The average molecular weight is 364 g/mol. The van der Waals surface area contributed by atoms with E-state index in [2.05, 4.69) is 20.9 Å². The molecule has 0 spiro atoms. The van der Waals surface area contributed by atoms with Crippen molar-refractivity contribution in [3.8, 4) is 11.5 Å². The Morgan fingerprint density at radius 1 is 1.12 bits per heavy atom. The molecule has 0 aliphatic heterocycles. The van der Waals surface area contributed by atoms with Crippen LogP contribution in [-0.2, 0) is 11.2 Å². The van der Waals surface area contributed by atoms with E-state index in [0.717, 1.165) is 37.3 Å². The third-order valence-electron chi connectivity index (χ3n) is 3.67. The minimum atomic E-state index is -0.0310. The highest BCUT2D eigenvalue weighted by Gasteiger charge is 2.06. The molecule has 7 heteroatoms. The summed E-state index contributed by atoms with van der Waals surface area (Å²) < 4.78 is 10.9. The molecular formula is C19H32N4O3. The van der Waals surface area contributed by atoms with Crippen LogP contribution in [0.4, 0.5) is 0 Å². The first kappa shape index (κ1) is 21.6. The topological polar surface area (TPSA) is 84.0 Å². The molecular weight excluding hydrogens is 332 g/mol. The van der Waals surface area contributed by atoms with E-state index in [4.69, 9.17) is 9.47 Å². The SMILES string of the molecule is CCCNC(=O)CNC(=NC)NCCCc1ccc(OC)c(OCC)c1. The van der Waals surface area contributed by atoms with Crippen molar-refractivity contribution in [2.75, 3.05) is 40.4 Å². The maximum absolute atomic E-state index is 11.6. The standard InChI is InChI=1S/C19H32N4O3/c1-5-11-21-18(24)14-23-19(20-3)22-12-7-8-15-9-10-16(25-4)17(13-15)26-6-2/h9-10,13H,5-8,11-12,14H2,1-4H3,(H,21,24)(H2,20,22,23). The Morgan fingerprint density at radius 2 is 1.92 bits per heavy atom. The summed E-state index contributed by atoms with van der Waals surface area (Å²) in [6, 6.07) is 6.00. The van der Waals surface area contributed by atoms with E-state index in [0.29, 0.717) is 19.1 Å². The fraction of sp³-hybridized carbons (Fsp3) is 0.579. The van der Waals surface area contributed by atoms with Crippen LogP contribution in [0.25, 0.3) is 0 Å². The molecule has 0 radical (unpaired) electrons. The van der Waals surface area contributed by atoms with Crippen LogP contribution in [-0.4, -0.2) is 52.3 Å². The number of methoxy groups -OCH3 is 1. The van der Waals surface area contributed by atoms with Crippen LogP contribution in [0.2, 0.25) is 0 Å². The zero-order valence-electron chi connectivity index (χ0n) is 16.4. The third kappa shape index (κ3) is 8.09. The number of nitrogens with one attached hydrogen (secondary N) is 3. The summed E-state index contributed by atoms with van der Waals surface area (Å²) in [5, 5.41) is 9.04. The minimum absolute atomic E-state index is 0.0310. The summed E-state index contributed by atoms with van der Waals surface area (Å²) in [4.78, 5) is 15.7. The highest BCUT2D eigenvalue weighted by molar-refractivity contribution is 5.86. The van der Waals surface area contributed by atoms with Gasteiger partial charge in [0.2, 0.25) is 5.91 Å². The number of aliphatic imine (C=N–C) groups is 1. The number of aryl methyl sites for hydroxylation is 1. The average Bonchev–Trinajstić information content (AvgIpc) is 2.66. The maximum Gasteiger partial charge on any atom is 0.239 e. The molecule has 0 aliphatic rings.